The van der Waals surface area contributed by atoms with Gasteiger partial charge in [-0.3, -0.25) is 14.4 Å². The predicted molar refractivity (Wildman–Crippen MR) is 73.3 cm³/mol. The molecule has 2 unspecified atom stereocenters. The average Bonchev–Trinajstić information content (AvgIpc) is 3.04. The first-order valence-corrected chi connectivity index (χ1v) is 6.71. The van der Waals surface area contributed by atoms with Crippen molar-refractivity contribution in [3.8, 4) is 0 Å². The molecule has 0 radical (unpaired) electrons. The number of carbonyl (C=O) groups is 3. The predicted octanol–water partition coefficient (Wildman–Crippen LogP) is -0.102. The molecule has 3 amide bonds. The van der Waals surface area contributed by atoms with Gasteiger partial charge in [-0.25, -0.2) is 4.90 Å². The molecule has 7 nitrogen and oxygen atoms in total. The van der Waals surface area contributed by atoms with Gasteiger partial charge in [-0.1, -0.05) is 6.07 Å². The van der Waals surface area contributed by atoms with Gasteiger partial charge in [0.05, 0.1) is 17.2 Å². The number of hydrogen-bond acceptors (Lipinski definition) is 6. The monoisotopic (exact) mass is 289 g/mol. The third-order valence-electron chi connectivity index (χ3n) is 3.81. The first kappa shape index (κ1) is 13.7. The SMILES string of the molecule is NCC1CCC(C(=O)N2C(=O)c3cccc(N)c3C2=O)O1. The van der Waals surface area contributed by atoms with Crippen molar-refractivity contribution in [2.24, 2.45) is 5.73 Å². The number of nitrogen functional groups attached to an aromatic ring is 1. The molecule has 2 heterocycles. The molecule has 2 atom stereocenters. The van der Waals surface area contributed by atoms with Crippen molar-refractivity contribution in [3.63, 3.8) is 0 Å². The van der Waals surface area contributed by atoms with Gasteiger partial charge >= 0.3 is 0 Å². The number of imide groups is 3. The van der Waals surface area contributed by atoms with Crippen molar-refractivity contribution in [2.45, 2.75) is 25.0 Å². The number of benzene rings is 1. The van der Waals surface area contributed by atoms with Crippen molar-refractivity contribution >= 4 is 23.4 Å². The zero-order valence-corrected chi connectivity index (χ0v) is 11.2. The normalized spacial score (nSPS) is 24.5. The lowest BCUT2D eigenvalue weighted by Gasteiger charge is -2.17. The summed E-state index contributed by atoms with van der Waals surface area (Å²) >= 11 is 0. The molecule has 0 saturated carbocycles. The molecule has 3 rings (SSSR count). The highest BCUT2D eigenvalue weighted by molar-refractivity contribution is 6.31. The molecule has 7 heteroatoms. The van der Waals surface area contributed by atoms with Crippen LogP contribution in [-0.4, -0.2) is 41.4 Å². The number of ether oxygens (including phenoxy) is 1. The van der Waals surface area contributed by atoms with Gasteiger partial charge in [-0.05, 0) is 25.0 Å². The molecule has 1 aromatic rings. The minimum atomic E-state index is -0.804. The standard InChI is InChI=1S/C14H15N3O4/c15-6-7-4-5-10(21-7)13(19)17-12(18)8-2-1-3-9(16)11(8)14(17)20/h1-3,7,10H,4-6,15-16H2. The van der Waals surface area contributed by atoms with E-state index in [1.54, 1.807) is 6.07 Å². The van der Waals surface area contributed by atoms with Crippen LogP contribution in [-0.2, 0) is 9.53 Å². The molecule has 4 N–H and O–H groups in total. The Morgan fingerprint density at radius 3 is 2.67 bits per heavy atom. The molecule has 110 valence electrons. The van der Waals surface area contributed by atoms with Crippen LogP contribution in [0.1, 0.15) is 33.6 Å². The van der Waals surface area contributed by atoms with E-state index in [1.165, 1.54) is 12.1 Å². The summed E-state index contributed by atoms with van der Waals surface area (Å²) in [5.74, 6) is -1.97. The van der Waals surface area contributed by atoms with Gasteiger partial charge in [-0.2, -0.15) is 0 Å². The number of anilines is 1. The molecule has 1 saturated heterocycles. The number of carbonyl (C=O) groups excluding carboxylic acids is 3. The Labute approximate surface area is 120 Å². The van der Waals surface area contributed by atoms with Crippen LogP contribution in [0.5, 0.6) is 0 Å². The summed E-state index contributed by atoms with van der Waals surface area (Å²) in [6, 6.07) is 4.58. The molecule has 1 fully saturated rings. The lowest BCUT2D eigenvalue weighted by molar-refractivity contribution is -0.137. The Morgan fingerprint density at radius 1 is 1.29 bits per heavy atom. The van der Waals surface area contributed by atoms with Crippen molar-refractivity contribution in [1.82, 2.24) is 4.90 Å². The van der Waals surface area contributed by atoms with E-state index < -0.39 is 23.8 Å². The Kier molecular flexibility index (Phi) is 3.23. The number of nitrogens with two attached hydrogens (primary N) is 2. The average molecular weight is 289 g/mol. The number of nitrogens with zero attached hydrogens (tertiary/aromatic N) is 1. The Morgan fingerprint density at radius 2 is 2.05 bits per heavy atom. The van der Waals surface area contributed by atoms with Crippen LogP contribution in [0.4, 0.5) is 5.69 Å². The van der Waals surface area contributed by atoms with Gasteiger partial charge in [0.25, 0.3) is 17.7 Å². The van der Waals surface area contributed by atoms with E-state index in [2.05, 4.69) is 0 Å². The fourth-order valence-corrected chi connectivity index (χ4v) is 2.72. The van der Waals surface area contributed by atoms with E-state index in [1.807, 2.05) is 0 Å². The molecule has 0 spiro atoms. The van der Waals surface area contributed by atoms with Crippen LogP contribution in [0.2, 0.25) is 0 Å². The van der Waals surface area contributed by atoms with Crippen LogP contribution >= 0.6 is 0 Å². The Balaban J connectivity index is 1.88. The molecule has 0 bridgehead atoms. The van der Waals surface area contributed by atoms with Crippen LogP contribution < -0.4 is 11.5 Å². The number of rotatable bonds is 2. The summed E-state index contributed by atoms with van der Waals surface area (Å²) in [7, 11) is 0. The van der Waals surface area contributed by atoms with Crippen LogP contribution in [0.25, 0.3) is 0 Å². The largest absolute Gasteiger partial charge is 0.398 e. The summed E-state index contributed by atoms with van der Waals surface area (Å²) in [5, 5.41) is 0. The molecule has 2 aliphatic heterocycles. The minimum absolute atomic E-state index is 0.0872. The van der Waals surface area contributed by atoms with E-state index in [0.29, 0.717) is 24.3 Å². The van der Waals surface area contributed by atoms with Gasteiger partial charge in [0.2, 0.25) is 0 Å². The maximum Gasteiger partial charge on any atom is 0.270 e. The molecule has 2 aliphatic rings. The van der Waals surface area contributed by atoms with Crippen molar-refractivity contribution in [2.75, 3.05) is 12.3 Å². The fraction of sp³-hybridized carbons (Fsp3) is 0.357. The van der Waals surface area contributed by atoms with Crippen molar-refractivity contribution < 1.29 is 19.1 Å². The number of hydrogen-bond donors (Lipinski definition) is 2. The summed E-state index contributed by atoms with van der Waals surface area (Å²) in [6.45, 7) is 0.304. The highest BCUT2D eigenvalue weighted by atomic mass is 16.5. The molecule has 21 heavy (non-hydrogen) atoms. The maximum absolute atomic E-state index is 12.4. The van der Waals surface area contributed by atoms with Gasteiger partial charge in [-0.15, -0.1) is 0 Å². The van der Waals surface area contributed by atoms with Gasteiger partial charge < -0.3 is 16.2 Å². The quantitative estimate of drug-likeness (QED) is 0.580. The lowest BCUT2D eigenvalue weighted by atomic mass is 10.1. The molecular formula is C14H15N3O4. The molecule has 0 aliphatic carbocycles. The van der Waals surface area contributed by atoms with Crippen LogP contribution in [0, 0.1) is 0 Å². The second-order valence-electron chi connectivity index (χ2n) is 5.11. The molecule has 0 aromatic heterocycles. The van der Waals surface area contributed by atoms with E-state index >= 15 is 0 Å². The van der Waals surface area contributed by atoms with E-state index in [4.69, 9.17) is 16.2 Å². The van der Waals surface area contributed by atoms with Crippen LogP contribution in [0.3, 0.4) is 0 Å². The lowest BCUT2D eigenvalue weighted by Crippen LogP contribution is -2.43. The third kappa shape index (κ3) is 2.01. The molecular weight excluding hydrogens is 274 g/mol. The zero-order valence-electron chi connectivity index (χ0n) is 11.2. The number of fused-ring (bicyclic) bond motifs is 1. The van der Waals surface area contributed by atoms with Gasteiger partial charge in [0.15, 0.2) is 0 Å². The number of amides is 3. The van der Waals surface area contributed by atoms with E-state index in [9.17, 15) is 14.4 Å². The van der Waals surface area contributed by atoms with Crippen molar-refractivity contribution in [1.29, 1.82) is 0 Å². The third-order valence-corrected chi connectivity index (χ3v) is 3.81. The van der Waals surface area contributed by atoms with E-state index in [0.717, 1.165) is 0 Å². The minimum Gasteiger partial charge on any atom is -0.398 e. The summed E-state index contributed by atoms with van der Waals surface area (Å²) in [4.78, 5) is 37.6. The summed E-state index contributed by atoms with van der Waals surface area (Å²) in [5.41, 5.74) is 11.6. The smallest absolute Gasteiger partial charge is 0.270 e. The van der Waals surface area contributed by atoms with Gasteiger partial charge in [0.1, 0.15) is 6.10 Å². The van der Waals surface area contributed by atoms with Crippen molar-refractivity contribution in [3.05, 3.63) is 29.3 Å². The summed E-state index contributed by atoms with van der Waals surface area (Å²) < 4.78 is 5.46. The molecule has 1 aromatic carbocycles. The highest BCUT2D eigenvalue weighted by Crippen LogP contribution is 2.30. The second kappa shape index (κ2) is 4.94. The fourth-order valence-electron chi connectivity index (χ4n) is 2.72. The second-order valence-corrected chi connectivity index (χ2v) is 5.11. The zero-order chi connectivity index (χ0) is 15.1. The first-order valence-electron chi connectivity index (χ1n) is 6.71. The highest BCUT2D eigenvalue weighted by Gasteiger charge is 2.45. The first-order chi connectivity index (χ1) is 10.0. The maximum atomic E-state index is 12.4. The van der Waals surface area contributed by atoms with Crippen LogP contribution in [0.15, 0.2) is 18.2 Å². The Hall–Kier alpha value is -2.25. The van der Waals surface area contributed by atoms with E-state index in [-0.39, 0.29) is 22.9 Å². The Bertz CT molecular complexity index is 643. The van der Waals surface area contributed by atoms with Gasteiger partial charge in [0, 0.05) is 12.2 Å². The topological polar surface area (TPSA) is 116 Å². The summed E-state index contributed by atoms with van der Waals surface area (Å²) in [6.07, 6.45) is 0.0723.